The van der Waals surface area contributed by atoms with Crippen molar-refractivity contribution >= 4 is 40.2 Å². The number of ether oxygens (including phenoxy) is 1. The van der Waals surface area contributed by atoms with Gasteiger partial charge >= 0.3 is 5.97 Å². The minimum Gasteiger partial charge on any atom is -0.487 e. The van der Waals surface area contributed by atoms with Crippen molar-refractivity contribution in [2.45, 2.75) is 38.1 Å². The largest absolute Gasteiger partial charge is 0.487 e. The van der Waals surface area contributed by atoms with Crippen LogP contribution in [0.1, 0.15) is 48.5 Å². The molecule has 1 N–H and O–H groups in total. The number of benzene rings is 3. The van der Waals surface area contributed by atoms with Gasteiger partial charge in [-0.05, 0) is 55.2 Å². The van der Waals surface area contributed by atoms with Crippen molar-refractivity contribution in [3.8, 4) is 17.1 Å². The van der Waals surface area contributed by atoms with Crippen LogP contribution in [0.15, 0.2) is 48.5 Å². The Kier molecular flexibility index (Phi) is 7.54. The van der Waals surface area contributed by atoms with Crippen molar-refractivity contribution < 1.29 is 27.8 Å². The van der Waals surface area contributed by atoms with E-state index in [0.29, 0.717) is 21.9 Å². The molecule has 1 fully saturated rings. The smallest absolute Gasteiger partial charge is 0.335 e. The molecule has 10 heteroatoms. The maximum atomic E-state index is 14.8. The third kappa shape index (κ3) is 5.20. The number of halogens is 5. The third-order valence-electron chi connectivity index (χ3n) is 7.00. The highest BCUT2D eigenvalue weighted by Crippen LogP contribution is 2.40. The van der Waals surface area contributed by atoms with Gasteiger partial charge in [0.05, 0.1) is 27.7 Å². The Balaban J connectivity index is 1.63. The Morgan fingerprint density at radius 2 is 1.68 bits per heavy atom. The third-order valence-corrected chi connectivity index (χ3v) is 7.54. The molecule has 0 unspecified atom stereocenters. The summed E-state index contributed by atoms with van der Waals surface area (Å²) in [6.45, 7) is -0.0568. The summed E-state index contributed by atoms with van der Waals surface area (Å²) in [6, 6.07) is 10.7. The lowest BCUT2D eigenvalue weighted by molar-refractivity contribution is 0.0696. The fourth-order valence-corrected chi connectivity index (χ4v) is 5.55. The number of imidazole rings is 1. The minimum atomic E-state index is -1.32. The molecule has 198 valence electrons. The van der Waals surface area contributed by atoms with E-state index in [1.807, 2.05) is 4.57 Å². The van der Waals surface area contributed by atoms with Gasteiger partial charge in [0.1, 0.15) is 12.4 Å². The molecule has 0 radical (unpaired) electrons. The standard InChI is InChI=1S/C28H23Cl2F3N2O3/c29-18-8-6-16(7-9-18)27-34-23-12-20(31)21(32)13-24(23)35(27)25(15-4-2-1-3-5-15)14-38-26-19(30)10-17(28(36)37)11-22(26)33/h6-13,15,25H,1-5,14H2,(H,36,37)/t25-/m0/s1. The van der Waals surface area contributed by atoms with Crippen molar-refractivity contribution in [2.75, 3.05) is 6.61 Å². The number of aromatic nitrogens is 2. The van der Waals surface area contributed by atoms with E-state index in [1.165, 1.54) is 0 Å². The molecule has 1 heterocycles. The minimum absolute atomic E-state index is 0.0568. The van der Waals surface area contributed by atoms with Crippen molar-refractivity contribution in [2.24, 2.45) is 5.92 Å². The summed E-state index contributed by atoms with van der Waals surface area (Å²) in [7, 11) is 0. The Morgan fingerprint density at radius 3 is 2.34 bits per heavy atom. The van der Waals surface area contributed by atoms with E-state index in [4.69, 9.17) is 27.9 Å². The molecule has 5 nitrogen and oxygen atoms in total. The van der Waals surface area contributed by atoms with E-state index in [1.54, 1.807) is 24.3 Å². The molecule has 1 saturated carbocycles. The molecule has 1 atom stereocenters. The first kappa shape index (κ1) is 26.4. The fourth-order valence-electron chi connectivity index (χ4n) is 5.16. The first-order valence-electron chi connectivity index (χ1n) is 12.2. The summed E-state index contributed by atoms with van der Waals surface area (Å²) < 4.78 is 51.3. The predicted octanol–water partition coefficient (Wildman–Crippen LogP) is 8.33. The molecule has 0 saturated heterocycles. The van der Waals surface area contributed by atoms with Crippen LogP contribution in [0, 0.1) is 23.4 Å². The lowest BCUT2D eigenvalue weighted by Gasteiger charge is -2.33. The molecule has 0 aliphatic heterocycles. The number of rotatable bonds is 7. The Hall–Kier alpha value is -3.23. The van der Waals surface area contributed by atoms with Gasteiger partial charge in [0.2, 0.25) is 0 Å². The van der Waals surface area contributed by atoms with Crippen LogP contribution in [0.4, 0.5) is 13.2 Å². The molecule has 0 bridgehead atoms. The van der Waals surface area contributed by atoms with Gasteiger partial charge < -0.3 is 14.4 Å². The number of fused-ring (bicyclic) bond motifs is 1. The van der Waals surface area contributed by atoms with E-state index in [-0.39, 0.29) is 34.4 Å². The Morgan fingerprint density at radius 1 is 1.00 bits per heavy atom. The van der Waals surface area contributed by atoms with Crippen LogP contribution in [-0.4, -0.2) is 27.2 Å². The SMILES string of the molecule is O=C(O)c1cc(F)c(OC[C@@H](C2CCCCC2)n2c(-c3ccc(Cl)cc3)nc3cc(F)c(F)cc32)c(Cl)c1. The van der Waals surface area contributed by atoms with Gasteiger partial charge in [0.25, 0.3) is 0 Å². The number of hydrogen-bond acceptors (Lipinski definition) is 3. The average molecular weight is 563 g/mol. The molecule has 1 aliphatic rings. The second kappa shape index (κ2) is 10.9. The van der Waals surface area contributed by atoms with Gasteiger partial charge in [-0.3, -0.25) is 0 Å². The second-order valence-corrected chi connectivity index (χ2v) is 10.3. The molecule has 0 spiro atoms. The quantitative estimate of drug-likeness (QED) is 0.246. The van der Waals surface area contributed by atoms with Crippen LogP contribution in [0.25, 0.3) is 22.4 Å². The van der Waals surface area contributed by atoms with Gasteiger partial charge in [0.15, 0.2) is 23.2 Å². The highest BCUT2D eigenvalue weighted by Gasteiger charge is 2.31. The molecule has 1 aliphatic carbocycles. The maximum absolute atomic E-state index is 14.8. The molecule has 4 aromatic rings. The second-order valence-electron chi connectivity index (χ2n) is 9.42. The zero-order valence-electron chi connectivity index (χ0n) is 20.1. The zero-order valence-corrected chi connectivity index (χ0v) is 21.6. The van der Waals surface area contributed by atoms with Gasteiger partial charge in [0, 0.05) is 22.7 Å². The lowest BCUT2D eigenvalue weighted by atomic mass is 9.83. The predicted molar refractivity (Wildman–Crippen MR) is 140 cm³/mol. The highest BCUT2D eigenvalue weighted by atomic mass is 35.5. The van der Waals surface area contributed by atoms with Crippen molar-refractivity contribution in [1.29, 1.82) is 0 Å². The van der Waals surface area contributed by atoms with Crippen molar-refractivity contribution in [3.05, 3.63) is 81.6 Å². The molecular weight excluding hydrogens is 540 g/mol. The fraction of sp³-hybridized carbons (Fsp3) is 0.286. The Bertz CT molecular complexity index is 1480. The van der Waals surface area contributed by atoms with Gasteiger partial charge in [-0.1, -0.05) is 42.5 Å². The van der Waals surface area contributed by atoms with Crippen molar-refractivity contribution in [3.63, 3.8) is 0 Å². The monoisotopic (exact) mass is 562 g/mol. The Labute approximate surface area is 226 Å². The van der Waals surface area contributed by atoms with E-state index in [9.17, 15) is 23.1 Å². The molecule has 0 amide bonds. The van der Waals surface area contributed by atoms with Gasteiger partial charge in [-0.25, -0.2) is 22.9 Å². The first-order chi connectivity index (χ1) is 18.2. The maximum Gasteiger partial charge on any atom is 0.335 e. The van der Waals surface area contributed by atoms with Crippen LogP contribution in [0.2, 0.25) is 10.0 Å². The zero-order chi connectivity index (χ0) is 27.0. The van der Waals surface area contributed by atoms with Crippen LogP contribution in [0.5, 0.6) is 5.75 Å². The normalized spacial score (nSPS) is 15.1. The topological polar surface area (TPSA) is 64.3 Å². The van der Waals surface area contributed by atoms with Crippen LogP contribution in [-0.2, 0) is 0 Å². The summed E-state index contributed by atoms with van der Waals surface area (Å²) in [5, 5.41) is 9.54. The number of carbonyl (C=O) groups is 1. The molecule has 5 rings (SSSR count). The van der Waals surface area contributed by atoms with Crippen molar-refractivity contribution in [1.82, 2.24) is 9.55 Å². The number of nitrogens with zero attached hydrogens (tertiary/aromatic N) is 2. The number of aromatic carboxylic acids is 1. The van der Waals surface area contributed by atoms with E-state index in [2.05, 4.69) is 4.98 Å². The molecule has 38 heavy (non-hydrogen) atoms. The van der Waals surface area contributed by atoms with E-state index < -0.39 is 29.5 Å². The summed E-state index contributed by atoms with van der Waals surface area (Å²) in [5.41, 5.74) is 1.03. The van der Waals surface area contributed by atoms with Crippen LogP contribution in [0.3, 0.4) is 0 Å². The van der Waals surface area contributed by atoms with E-state index in [0.717, 1.165) is 56.4 Å². The van der Waals surface area contributed by atoms with E-state index >= 15 is 0 Å². The number of hydrogen-bond donors (Lipinski definition) is 1. The number of carboxylic acids is 1. The van der Waals surface area contributed by atoms with Gasteiger partial charge in [-0.2, -0.15) is 0 Å². The van der Waals surface area contributed by atoms with Crippen LogP contribution >= 0.6 is 23.2 Å². The molecular formula is C28H23Cl2F3N2O3. The lowest BCUT2D eigenvalue weighted by Crippen LogP contribution is -2.28. The summed E-state index contributed by atoms with van der Waals surface area (Å²) >= 11 is 12.3. The van der Waals surface area contributed by atoms with Crippen LogP contribution < -0.4 is 4.74 Å². The average Bonchev–Trinajstić information content (AvgIpc) is 3.24. The molecule has 3 aromatic carbocycles. The first-order valence-corrected chi connectivity index (χ1v) is 13.0. The van der Waals surface area contributed by atoms with Gasteiger partial charge in [-0.15, -0.1) is 0 Å². The summed E-state index contributed by atoms with van der Waals surface area (Å²) in [4.78, 5) is 15.9. The number of carboxylic acid groups (broad SMARTS) is 1. The summed E-state index contributed by atoms with van der Waals surface area (Å²) in [6.07, 6.45) is 4.75. The molecule has 1 aromatic heterocycles. The summed E-state index contributed by atoms with van der Waals surface area (Å²) in [5.74, 6) is -3.98. The highest BCUT2D eigenvalue weighted by molar-refractivity contribution is 6.32.